The minimum absolute atomic E-state index is 0.0437. The van der Waals surface area contributed by atoms with Crippen LogP contribution in [0.4, 0.5) is 5.69 Å². The van der Waals surface area contributed by atoms with Crippen molar-refractivity contribution in [2.75, 3.05) is 26.1 Å². The molecular formula is C20H24N2O4. The maximum atomic E-state index is 12.1. The van der Waals surface area contributed by atoms with Crippen molar-refractivity contribution in [2.45, 2.75) is 19.8 Å². The van der Waals surface area contributed by atoms with Gasteiger partial charge in [0.25, 0.3) is 0 Å². The van der Waals surface area contributed by atoms with Crippen LogP contribution in [-0.4, -0.2) is 32.6 Å². The molecule has 0 saturated carbocycles. The summed E-state index contributed by atoms with van der Waals surface area (Å²) in [6.45, 7) is 2.00. The number of rotatable bonds is 8. The molecule has 0 unspecified atom stereocenters. The number of methoxy groups -OCH3 is 2. The van der Waals surface area contributed by atoms with Gasteiger partial charge < -0.3 is 20.1 Å². The van der Waals surface area contributed by atoms with Crippen molar-refractivity contribution in [2.24, 2.45) is 0 Å². The maximum Gasteiger partial charge on any atom is 0.224 e. The third-order valence-corrected chi connectivity index (χ3v) is 3.82. The van der Waals surface area contributed by atoms with E-state index in [2.05, 4.69) is 10.6 Å². The fourth-order valence-electron chi connectivity index (χ4n) is 2.54. The number of hydrogen-bond acceptors (Lipinski definition) is 4. The molecule has 0 aliphatic carbocycles. The molecule has 6 nitrogen and oxygen atoms in total. The topological polar surface area (TPSA) is 76.7 Å². The van der Waals surface area contributed by atoms with Gasteiger partial charge in [-0.3, -0.25) is 9.59 Å². The highest BCUT2D eigenvalue weighted by atomic mass is 16.5. The van der Waals surface area contributed by atoms with Gasteiger partial charge in [-0.05, 0) is 41.8 Å². The van der Waals surface area contributed by atoms with Crippen LogP contribution in [0.2, 0.25) is 0 Å². The van der Waals surface area contributed by atoms with Crippen molar-refractivity contribution in [1.29, 1.82) is 0 Å². The molecule has 2 rings (SSSR count). The van der Waals surface area contributed by atoms with Crippen molar-refractivity contribution in [3.8, 4) is 11.5 Å². The normalized spacial score (nSPS) is 10.1. The Morgan fingerprint density at radius 1 is 0.923 bits per heavy atom. The molecule has 0 saturated heterocycles. The quantitative estimate of drug-likeness (QED) is 0.762. The number of amides is 2. The summed E-state index contributed by atoms with van der Waals surface area (Å²) >= 11 is 0. The maximum absolute atomic E-state index is 12.1. The van der Waals surface area contributed by atoms with Gasteiger partial charge in [0, 0.05) is 19.2 Å². The summed E-state index contributed by atoms with van der Waals surface area (Å²) in [6.07, 6.45) is 1.000. The van der Waals surface area contributed by atoms with Crippen LogP contribution in [0.3, 0.4) is 0 Å². The second kappa shape index (κ2) is 9.46. The Bertz CT molecular complexity index is 757. The Hall–Kier alpha value is -3.02. The summed E-state index contributed by atoms with van der Waals surface area (Å²) in [6, 6.07) is 13.0. The van der Waals surface area contributed by atoms with E-state index in [-0.39, 0.29) is 11.8 Å². The molecule has 0 aliphatic rings. The molecule has 6 heteroatoms. The summed E-state index contributed by atoms with van der Waals surface area (Å²) < 4.78 is 10.5. The second-order valence-corrected chi connectivity index (χ2v) is 5.84. The van der Waals surface area contributed by atoms with Crippen LogP contribution in [0, 0.1) is 0 Å². The largest absolute Gasteiger partial charge is 0.493 e. The van der Waals surface area contributed by atoms with Crippen LogP contribution in [0.1, 0.15) is 18.1 Å². The van der Waals surface area contributed by atoms with Crippen molar-refractivity contribution >= 4 is 17.5 Å². The molecule has 0 spiro atoms. The molecule has 0 bridgehead atoms. The monoisotopic (exact) mass is 356 g/mol. The molecule has 0 radical (unpaired) electrons. The number of hydrogen-bond donors (Lipinski definition) is 2. The van der Waals surface area contributed by atoms with Crippen molar-refractivity contribution in [3.05, 3.63) is 53.6 Å². The zero-order valence-corrected chi connectivity index (χ0v) is 15.3. The zero-order valence-electron chi connectivity index (χ0n) is 15.3. The summed E-state index contributed by atoms with van der Waals surface area (Å²) in [7, 11) is 3.20. The Kier molecular flexibility index (Phi) is 7.02. The lowest BCUT2D eigenvalue weighted by Gasteiger charge is -2.10. The summed E-state index contributed by atoms with van der Waals surface area (Å²) in [5, 5.41) is 5.61. The first kappa shape index (κ1) is 19.3. The highest BCUT2D eigenvalue weighted by Crippen LogP contribution is 2.27. The van der Waals surface area contributed by atoms with Gasteiger partial charge in [-0.1, -0.05) is 18.2 Å². The van der Waals surface area contributed by atoms with Crippen molar-refractivity contribution < 1.29 is 19.1 Å². The van der Waals surface area contributed by atoms with E-state index in [4.69, 9.17) is 9.47 Å². The van der Waals surface area contributed by atoms with Crippen molar-refractivity contribution in [1.82, 2.24) is 5.32 Å². The smallest absolute Gasteiger partial charge is 0.224 e. The average Bonchev–Trinajstić information content (AvgIpc) is 2.62. The molecule has 2 aromatic rings. The lowest BCUT2D eigenvalue weighted by Crippen LogP contribution is -2.27. The Balaban J connectivity index is 1.81. The highest BCUT2D eigenvalue weighted by molar-refractivity contribution is 5.88. The van der Waals surface area contributed by atoms with Crippen LogP contribution in [0.5, 0.6) is 11.5 Å². The molecule has 0 heterocycles. The lowest BCUT2D eigenvalue weighted by atomic mass is 10.1. The number of carbonyl (C=O) groups is 2. The SMILES string of the molecule is COc1ccc(CCNC(=O)Cc2ccc(NC(C)=O)cc2)cc1OC. The Morgan fingerprint density at radius 3 is 2.19 bits per heavy atom. The van der Waals surface area contributed by atoms with E-state index in [1.54, 1.807) is 26.4 Å². The first-order valence-electron chi connectivity index (χ1n) is 8.36. The molecule has 2 amide bonds. The van der Waals surface area contributed by atoms with Gasteiger partial charge in [0.1, 0.15) is 0 Å². The summed E-state index contributed by atoms with van der Waals surface area (Å²) in [5.41, 5.74) is 2.67. The standard InChI is InChI=1S/C20H24N2O4/c1-14(23)22-17-7-4-15(5-8-17)13-20(24)21-11-10-16-6-9-18(25-2)19(12-16)26-3/h4-9,12H,10-11,13H2,1-3H3,(H,21,24)(H,22,23). The minimum Gasteiger partial charge on any atom is -0.493 e. The van der Waals surface area contributed by atoms with E-state index in [1.165, 1.54) is 6.92 Å². The van der Waals surface area contributed by atoms with E-state index < -0.39 is 0 Å². The molecule has 2 N–H and O–H groups in total. The van der Waals surface area contributed by atoms with E-state index >= 15 is 0 Å². The predicted octanol–water partition coefficient (Wildman–Crippen LogP) is 2.56. The average molecular weight is 356 g/mol. The number of benzene rings is 2. The predicted molar refractivity (Wildman–Crippen MR) is 101 cm³/mol. The minimum atomic E-state index is -0.120. The number of nitrogens with one attached hydrogen (secondary N) is 2. The van der Waals surface area contributed by atoms with Gasteiger partial charge in [0.2, 0.25) is 11.8 Å². The Labute approximate surface area is 153 Å². The van der Waals surface area contributed by atoms with Crippen LogP contribution >= 0.6 is 0 Å². The van der Waals surface area contributed by atoms with Gasteiger partial charge in [-0.25, -0.2) is 0 Å². The van der Waals surface area contributed by atoms with Crippen molar-refractivity contribution in [3.63, 3.8) is 0 Å². The number of anilines is 1. The van der Waals surface area contributed by atoms with E-state index in [9.17, 15) is 9.59 Å². The third-order valence-electron chi connectivity index (χ3n) is 3.82. The van der Waals surface area contributed by atoms with Gasteiger partial charge in [-0.15, -0.1) is 0 Å². The molecule has 0 atom stereocenters. The molecule has 138 valence electrons. The summed E-state index contributed by atoms with van der Waals surface area (Å²) in [4.78, 5) is 23.1. The molecule has 2 aromatic carbocycles. The van der Waals surface area contributed by atoms with Crippen LogP contribution < -0.4 is 20.1 Å². The van der Waals surface area contributed by atoms with Gasteiger partial charge in [0.05, 0.1) is 20.6 Å². The van der Waals surface area contributed by atoms with E-state index in [0.29, 0.717) is 30.9 Å². The van der Waals surface area contributed by atoms with Gasteiger partial charge >= 0.3 is 0 Å². The van der Waals surface area contributed by atoms with Crippen LogP contribution in [0.15, 0.2) is 42.5 Å². The summed E-state index contributed by atoms with van der Waals surface area (Å²) in [5.74, 6) is 1.20. The van der Waals surface area contributed by atoms with Crippen LogP contribution in [-0.2, 0) is 22.4 Å². The highest BCUT2D eigenvalue weighted by Gasteiger charge is 2.06. The number of carbonyl (C=O) groups excluding carboxylic acids is 2. The molecular weight excluding hydrogens is 332 g/mol. The van der Waals surface area contributed by atoms with Gasteiger partial charge in [0.15, 0.2) is 11.5 Å². The Morgan fingerprint density at radius 2 is 1.58 bits per heavy atom. The lowest BCUT2D eigenvalue weighted by molar-refractivity contribution is -0.120. The molecule has 0 fully saturated rings. The second-order valence-electron chi connectivity index (χ2n) is 5.84. The third kappa shape index (κ3) is 5.81. The zero-order chi connectivity index (χ0) is 18.9. The van der Waals surface area contributed by atoms with Gasteiger partial charge in [-0.2, -0.15) is 0 Å². The fourth-order valence-corrected chi connectivity index (χ4v) is 2.54. The molecule has 0 aliphatic heterocycles. The first-order chi connectivity index (χ1) is 12.5. The first-order valence-corrected chi connectivity index (χ1v) is 8.36. The van der Waals surface area contributed by atoms with E-state index in [0.717, 1.165) is 16.8 Å². The fraction of sp³-hybridized carbons (Fsp3) is 0.300. The molecule has 0 aromatic heterocycles. The van der Waals surface area contributed by atoms with Crippen LogP contribution in [0.25, 0.3) is 0 Å². The van der Waals surface area contributed by atoms with E-state index in [1.807, 2.05) is 30.3 Å². The number of ether oxygens (including phenoxy) is 2. The molecule has 26 heavy (non-hydrogen) atoms.